The monoisotopic (exact) mass is 491 g/mol. The fourth-order valence-electron chi connectivity index (χ4n) is 2.60. The Hall–Kier alpha value is -2.34. The van der Waals surface area contributed by atoms with Crippen LogP contribution in [0.5, 0.6) is 0 Å². The van der Waals surface area contributed by atoms with Gasteiger partial charge in [-0.15, -0.1) is 0 Å². The van der Waals surface area contributed by atoms with Gasteiger partial charge in [-0.25, -0.2) is 4.98 Å². The summed E-state index contributed by atoms with van der Waals surface area (Å²) < 4.78 is 52.2. The number of amides is 1. The summed E-state index contributed by atoms with van der Waals surface area (Å²) in [4.78, 5) is 20.9. The first-order chi connectivity index (χ1) is 14.5. The number of carbonyl (C=O) groups excluding carboxylic acids is 1. The summed E-state index contributed by atoms with van der Waals surface area (Å²) in [5.41, 5.74) is -1.32. The minimum absolute atomic E-state index is 0.00466. The van der Waals surface area contributed by atoms with Crippen LogP contribution in [-0.4, -0.2) is 36.5 Å². The van der Waals surface area contributed by atoms with Gasteiger partial charge in [0.15, 0.2) is 11.6 Å². The first kappa shape index (κ1) is 23.3. The molecule has 3 aromatic rings. The van der Waals surface area contributed by atoms with Crippen LogP contribution in [0, 0.1) is 0 Å². The summed E-state index contributed by atoms with van der Waals surface area (Å²) in [5, 5.41) is 6.85. The van der Waals surface area contributed by atoms with Gasteiger partial charge in [0.05, 0.1) is 16.6 Å². The molecule has 1 N–H and O–H groups in total. The Kier molecular flexibility index (Phi) is 6.79. The smallest absolute Gasteiger partial charge is 0.416 e. The predicted molar refractivity (Wildman–Crippen MR) is 109 cm³/mol. The lowest BCUT2D eigenvalue weighted by Crippen LogP contribution is -2.29. The van der Waals surface area contributed by atoms with Crippen molar-refractivity contribution >= 4 is 40.3 Å². The van der Waals surface area contributed by atoms with Crippen LogP contribution in [-0.2, 0) is 17.4 Å². The van der Waals surface area contributed by atoms with Crippen LogP contribution in [0.1, 0.15) is 34.7 Å². The van der Waals surface area contributed by atoms with Crippen LogP contribution in [0.15, 0.2) is 41.7 Å². The largest absolute Gasteiger partial charge is 0.609 e. The fraction of sp³-hybridized carbons (Fsp3) is 0.222. The number of nitrogens with zero attached hydrogens (tertiary/aromatic N) is 4. The molecule has 0 saturated heterocycles. The average Bonchev–Trinajstić information content (AvgIpc) is 3.13. The second kappa shape index (κ2) is 9.03. The molecule has 1 amide bonds. The third-order valence-electron chi connectivity index (χ3n) is 4.02. The molecule has 0 bridgehead atoms. The van der Waals surface area contributed by atoms with Gasteiger partial charge < -0.3 is 9.87 Å². The van der Waals surface area contributed by atoms with Gasteiger partial charge in [-0.3, -0.25) is 4.79 Å². The van der Waals surface area contributed by atoms with Crippen LogP contribution < -0.4 is 5.32 Å². The molecule has 2 aromatic heterocycles. The van der Waals surface area contributed by atoms with E-state index < -0.39 is 34.9 Å². The third kappa shape index (κ3) is 5.48. The minimum Gasteiger partial charge on any atom is -0.609 e. The highest BCUT2D eigenvalue weighted by Crippen LogP contribution is 2.32. The van der Waals surface area contributed by atoms with Gasteiger partial charge in [0.25, 0.3) is 5.91 Å². The number of rotatable bonds is 5. The van der Waals surface area contributed by atoms with Gasteiger partial charge in [0.2, 0.25) is 0 Å². The summed E-state index contributed by atoms with van der Waals surface area (Å²) in [5.74, 6) is -0.337. The van der Waals surface area contributed by atoms with Crippen LogP contribution in [0.2, 0.25) is 10.0 Å². The van der Waals surface area contributed by atoms with Crippen LogP contribution >= 0.6 is 23.2 Å². The van der Waals surface area contributed by atoms with Gasteiger partial charge in [0, 0.05) is 28.0 Å². The summed E-state index contributed by atoms with van der Waals surface area (Å²) in [6, 6.07) is 4.83. The third-order valence-corrected chi connectivity index (χ3v) is 5.15. The second-order valence-corrected chi connectivity index (χ2v) is 8.52. The second-order valence-electron chi connectivity index (χ2n) is 6.37. The lowest BCUT2D eigenvalue weighted by atomic mass is 10.1. The van der Waals surface area contributed by atoms with Crippen molar-refractivity contribution in [3.8, 4) is 5.82 Å². The molecule has 1 aromatic carbocycles. The molecule has 0 radical (unpaired) electrons. The number of benzene rings is 1. The summed E-state index contributed by atoms with van der Waals surface area (Å²) in [6.45, 7) is 1.55. The van der Waals surface area contributed by atoms with E-state index in [2.05, 4.69) is 20.4 Å². The molecule has 164 valence electrons. The molecule has 0 aliphatic carbocycles. The van der Waals surface area contributed by atoms with Crippen molar-refractivity contribution in [3.63, 3.8) is 0 Å². The molecule has 13 heteroatoms. The molecular weight excluding hydrogens is 478 g/mol. The first-order valence-electron chi connectivity index (χ1n) is 8.56. The Bertz CT molecular complexity index is 1110. The Labute approximate surface area is 187 Å². The first-order valence-corrected chi connectivity index (χ1v) is 10.9. The molecule has 3 rings (SSSR count). The van der Waals surface area contributed by atoms with E-state index >= 15 is 0 Å². The SMILES string of the molecule is CC(NC(=O)c1cc(Cl)cc(C(F)(F)F)c1)c1nc([S+](C)[O-])nn1-c1ccc(Cl)cn1. The molecule has 0 aliphatic rings. The van der Waals surface area contributed by atoms with Crippen molar-refractivity contribution in [2.45, 2.75) is 24.3 Å². The van der Waals surface area contributed by atoms with Crippen molar-refractivity contribution in [2.24, 2.45) is 0 Å². The molecule has 2 atom stereocenters. The Morgan fingerprint density at radius 3 is 2.52 bits per heavy atom. The standard InChI is InChI=1S/C18H14Cl2F3N5O2S/c1-9(25-16(29)10-5-11(18(21,22)23)7-13(20)6-10)15-26-17(31(2)30)27-28(15)14-4-3-12(19)8-24-14/h3-9H,1-2H3,(H,25,29). The molecule has 0 aliphatic heterocycles. The van der Waals surface area contributed by atoms with E-state index in [0.717, 1.165) is 12.1 Å². The lowest BCUT2D eigenvalue weighted by molar-refractivity contribution is -0.137. The quantitative estimate of drug-likeness (QED) is 0.539. The highest BCUT2D eigenvalue weighted by Gasteiger charge is 2.32. The van der Waals surface area contributed by atoms with E-state index in [4.69, 9.17) is 23.2 Å². The zero-order chi connectivity index (χ0) is 22.9. The van der Waals surface area contributed by atoms with Gasteiger partial charge in [-0.1, -0.05) is 28.3 Å². The molecular formula is C18H14Cl2F3N5O2S. The molecule has 31 heavy (non-hydrogen) atoms. The molecule has 2 unspecified atom stereocenters. The molecule has 0 spiro atoms. The van der Waals surface area contributed by atoms with Crippen LogP contribution in [0.4, 0.5) is 13.2 Å². The van der Waals surface area contributed by atoms with Crippen LogP contribution in [0.25, 0.3) is 5.82 Å². The van der Waals surface area contributed by atoms with E-state index in [-0.39, 0.29) is 21.6 Å². The Morgan fingerprint density at radius 1 is 1.23 bits per heavy atom. The Morgan fingerprint density at radius 2 is 1.94 bits per heavy atom. The number of carbonyl (C=O) groups is 1. The number of aromatic nitrogens is 4. The highest BCUT2D eigenvalue weighted by molar-refractivity contribution is 7.90. The number of hydrogen-bond donors (Lipinski definition) is 1. The van der Waals surface area contributed by atoms with E-state index in [0.29, 0.717) is 16.9 Å². The van der Waals surface area contributed by atoms with E-state index in [1.165, 1.54) is 17.1 Å². The number of halogens is 5. The maximum Gasteiger partial charge on any atom is 0.416 e. The highest BCUT2D eigenvalue weighted by atomic mass is 35.5. The Balaban J connectivity index is 1.93. The zero-order valence-electron chi connectivity index (χ0n) is 15.9. The molecule has 2 heterocycles. The van der Waals surface area contributed by atoms with E-state index in [1.807, 2.05) is 0 Å². The number of nitrogens with one attached hydrogen (secondary N) is 1. The van der Waals surface area contributed by atoms with Crippen molar-refractivity contribution in [2.75, 3.05) is 6.26 Å². The maximum absolute atomic E-state index is 13.0. The lowest BCUT2D eigenvalue weighted by Gasteiger charge is -2.15. The predicted octanol–water partition coefficient (Wildman–Crippen LogP) is 4.22. The number of alkyl halides is 3. The summed E-state index contributed by atoms with van der Waals surface area (Å²) in [7, 11) is 0. The average molecular weight is 492 g/mol. The molecule has 7 nitrogen and oxygen atoms in total. The maximum atomic E-state index is 13.0. The van der Waals surface area contributed by atoms with Crippen molar-refractivity contribution in [1.29, 1.82) is 0 Å². The normalized spacial score (nSPS) is 13.7. The van der Waals surface area contributed by atoms with Gasteiger partial charge in [-0.2, -0.15) is 22.8 Å². The van der Waals surface area contributed by atoms with Crippen molar-refractivity contribution in [3.05, 3.63) is 63.5 Å². The number of pyridine rings is 1. The van der Waals surface area contributed by atoms with Crippen molar-refractivity contribution < 1.29 is 22.5 Å². The van der Waals surface area contributed by atoms with E-state index in [1.54, 1.807) is 19.1 Å². The summed E-state index contributed by atoms with van der Waals surface area (Å²) in [6.07, 6.45) is -1.91. The summed E-state index contributed by atoms with van der Waals surface area (Å²) >= 11 is 10.1. The fourth-order valence-corrected chi connectivity index (χ4v) is 3.36. The molecule has 0 saturated carbocycles. The minimum atomic E-state index is -4.66. The van der Waals surface area contributed by atoms with E-state index in [9.17, 15) is 22.5 Å². The number of hydrogen-bond acceptors (Lipinski definition) is 5. The topological polar surface area (TPSA) is 95.8 Å². The van der Waals surface area contributed by atoms with Gasteiger partial charge >= 0.3 is 11.3 Å². The van der Waals surface area contributed by atoms with Gasteiger partial charge in [-0.05, 0) is 37.3 Å². The zero-order valence-corrected chi connectivity index (χ0v) is 18.3. The van der Waals surface area contributed by atoms with Crippen LogP contribution in [0.3, 0.4) is 0 Å². The van der Waals surface area contributed by atoms with Crippen molar-refractivity contribution in [1.82, 2.24) is 25.1 Å². The van der Waals surface area contributed by atoms with Gasteiger partial charge in [0.1, 0.15) is 6.26 Å². The molecule has 0 fully saturated rings.